The van der Waals surface area contributed by atoms with Crippen LogP contribution in [0.4, 0.5) is 5.69 Å². The minimum Gasteiger partial charge on any atom is -0.490 e. The van der Waals surface area contributed by atoms with E-state index in [0.29, 0.717) is 28.4 Å². The first kappa shape index (κ1) is 27.9. The van der Waals surface area contributed by atoms with Crippen LogP contribution in [0.15, 0.2) is 60.7 Å². The number of hydrogen-bond acceptors (Lipinski definition) is 7. The van der Waals surface area contributed by atoms with Gasteiger partial charge in [0.1, 0.15) is 17.7 Å². The summed E-state index contributed by atoms with van der Waals surface area (Å²) in [5.74, 6) is 0.269. The molecule has 0 aliphatic carbocycles. The van der Waals surface area contributed by atoms with E-state index in [1.54, 1.807) is 43.3 Å². The fourth-order valence-electron chi connectivity index (χ4n) is 4.48. The van der Waals surface area contributed by atoms with Gasteiger partial charge in [-0.15, -0.1) is 0 Å². The van der Waals surface area contributed by atoms with E-state index in [0.717, 1.165) is 41.0 Å². The zero-order valence-corrected chi connectivity index (χ0v) is 22.5. The molecule has 0 saturated carbocycles. The van der Waals surface area contributed by atoms with E-state index in [2.05, 4.69) is 0 Å². The summed E-state index contributed by atoms with van der Waals surface area (Å²) < 4.78 is 35.7. The van der Waals surface area contributed by atoms with E-state index in [9.17, 15) is 13.2 Å². The van der Waals surface area contributed by atoms with Crippen molar-refractivity contribution in [2.75, 3.05) is 23.9 Å². The van der Waals surface area contributed by atoms with Gasteiger partial charge in [-0.25, -0.2) is 9.03 Å². The highest BCUT2D eigenvalue weighted by Crippen LogP contribution is 2.27. The number of nitrogen functional groups attached to an aromatic ring is 1. The number of anilines is 1. The molecule has 1 heterocycles. The largest absolute Gasteiger partial charge is 0.490 e. The van der Waals surface area contributed by atoms with Crippen LogP contribution in [-0.4, -0.2) is 56.6 Å². The number of nitrogens with two attached hydrogens (primary N) is 2. The molecule has 1 saturated heterocycles. The van der Waals surface area contributed by atoms with Crippen molar-refractivity contribution in [1.82, 2.24) is 9.62 Å². The number of likely N-dealkylation sites (tertiary alicyclic amines) is 1. The summed E-state index contributed by atoms with van der Waals surface area (Å²) in [6.07, 6.45) is 1.58. The molecule has 0 atom stereocenters. The van der Waals surface area contributed by atoms with Crippen LogP contribution >= 0.6 is 0 Å². The summed E-state index contributed by atoms with van der Waals surface area (Å²) in [6, 6.07) is 17.5. The van der Waals surface area contributed by atoms with Crippen molar-refractivity contribution < 1.29 is 17.9 Å². The normalized spacial score (nSPS) is 14.2. The molecule has 0 bridgehead atoms. The molecule has 0 unspecified atom stereocenters. The van der Waals surface area contributed by atoms with Crippen molar-refractivity contribution in [2.45, 2.75) is 32.4 Å². The van der Waals surface area contributed by atoms with Gasteiger partial charge in [-0.3, -0.25) is 15.6 Å². The molecule has 1 amide bonds. The van der Waals surface area contributed by atoms with Gasteiger partial charge in [0.2, 0.25) is 5.91 Å². The Morgan fingerprint density at radius 3 is 2.33 bits per heavy atom. The molecule has 3 aromatic carbocycles. The van der Waals surface area contributed by atoms with E-state index in [4.69, 9.17) is 27.0 Å². The van der Waals surface area contributed by atoms with Crippen molar-refractivity contribution in [1.29, 1.82) is 10.8 Å². The van der Waals surface area contributed by atoms with Crippen LogP contribution in [0.5, 0.6) is 5.75 Å². The number of amides is 1. The quantitative estimate of drug-likeness (QED) is 0.200. The molecule has 0 spiro atoms. The highest BCUT2D eigenvalue weighted by molar-refractivity contribution is 7.91. The highest BCUT2D eigenvalue weighted by Gasteiger charge is 2.26. The Balaban J connectivity index is 1.58. The lowest BCUT2D eigenvalue weighted by atomic mass is 10.0. The zero-order chi connectivity index (χ0) is 28.2. The molecule has 1 fully saturated rings. The Bertz CT molecular complexity index is 1480. The van der Waals surface area contributed by atoms with E-state index in [1.807, 2.05) is 33.9 Å². The number of carbonyl (C=O) groups excluding carboxylic acids is 1. The number of carbonyl (C=O) groups is 1. The maximum absolute atomic E-state index is 13.2. The van der Waals surface area contributed by atoms with E-state index in [-0.39, 0.29) is 18.5 Å². The van der Waals surface area contributed by atoms with Crippen molar-refractivity contribution in [2.24, 2.45) is 11.5 Å². The van der Waals surface area contributed by atoms with Crippen LogP contribution in [0.25, 0.3) is 10.8 Å². The molecule has 3 aromatic rings. The number of hydrogen-bond donors (Lipinski definition) is 5. The molecule has 0 radical (unpaired) electrons. The third-order valence-electron chi connectivity index (χ3n) is 6.60. The Labute approximate surface area is 227 Å². The van der Waals surface area contributed by atoms with Crippen molar-refractivity contribution >= 4 is 44.2 Å². The summed E-state index contributed by atoms with van der Waals surface area (Å²) in [5.41, 5.74) is 12.6. The number of piperidine rings is 1. The molecular formula is C27H33N7O4S. The van der Waals surface area contributed by atoms with Gasteiger partial charge in [0.15, 0.2) is 0 Å². The number of ether oxygens (including phenoxy) is 1. The average Bonchev–Trinajstić information content (AvgIpc) is 2.91. The Kier molecular flexibility index (Phi) is 8.36. The molecular weight excluding hydrogens is 518 g/mol. The van der Waals surface area contributed by atoms with E-state index >= 15 is 0 Å². The van der Waals surface area contributed by atoms with Crippen molar-refractivity contribution in [3.05, 3.63) is 71.8 Å². The van der Waals surface area contributed by atoms with Gasteiger partial charge in [0, 0.05) is 31.5 Å². The molecule has 7 N–H and O–H groups in total. The van der Waals surface area contributed by atoms with E-state index in [1.165, 1.54) is 0 Å². The molecule has 12 heteroatoms. The maximum Gasteiger partial charge on any atom is 0.326 e. The van der Waals surface area contributed by atoms with Crippen LogP contribution < -0.4 is 25.2 Å². The van der Waals surface area contributed by atoms with Crippen molar-refractivity contribution in [3.8, 4) is 5.75 Å². The number of nitrogens with zero attached hydrogens (tertiary/aromatic N) is 2. The first-order chi connectivity index (χ1) is 18.6. The van der Waals surface area contributed by atoms with Crippen LogP contribution in [-0.2, 0) is 21.5 Å². The van der Waals surface area contributed by atoms with Crippen LogP contribution in [0, 0.1) is 10.8 Å². The maximum atomic E-state index is 13.2. The van der Waals surface area contributed by atoms with Crippen LogP contribution in [0.3, 0.4) is 0 Å². The Morgan fingerprint density at radius 2 is 1.72 bits per heavy atom. The zero-order valence-electron chi connectivity index (χ0n) is 21.7. The first-order valence-corrected chi connectivity index (χ1v) is 14.0. The minimum atomic E-state index is -4.28. The molecule has 4 rings (SSSR count). The second-order valence-electron chi connectivity index (χ2n) is 9.43. The summed E-state index contributed by atoms with van der Waals surface area (Å²) in [6.45, 7) is 2.75. The SMILES string of the molecule is CC(=N)N1CCC(Oc2ccc(N(Cc3ccc4ccc(C(=N)N)cc4c3)S(=O)(=O)NC(=O)CN)cc2)CC1. The van der Waals surface area contributed by atoms with Crippen LogP contribution in [0.1, 0.15) is 30.9 Å². The summed E-state index contributed by atoms with van der Waals surface area (Å²) in [4.78, 5) is 13.9. The second kappa shape index (κ2) is 11.7. The lowest BCUT2D eigenvalue weighted by Crippen LogP contribution is -2.45. The number of benzene rings is 3. The van der Waals surface area contributed by atoms with Gasteiger partial charge >= 0.3 is 10.2 Å². The van der Waals surface area contributed by atoms with Crippen molar-refractivity contribution in [3.63, 3.8) is 0 Å². The monoisotopic (exact) mass is 551 g/mol. The smallest absolute Gasteiger partial charge is 0.326 e. The average molecular weight is 552 g/mol. The van der Waals surface area contributed by atoms with Gasteiger partial charge in [0.05, 0.1) is 24.6 Å². The molecule has 11 nitrogen and oxygen atoms in total. The molecule has 1 aliphatic heterocycles. The molecule has 0 aromatic heterocycles. The standard InChI is InChI=1S/C27H33N7O4S/c1-18(29)33-12-10-25(11-13-33)38-24-8-6-23(7-9-24)34(39(36,37)32-26(35)16-28)17-19-2-3-20-4-5-21(27(30)31)15-22(20)14-19/h2-9,14-15,25,29H,10-13,16-17,28H2,1H3,(H3,30,31)(H,32,35). The Hall–Kier alpha value is -4.16. The predicted octanol–water partition coefficient (Wildman–Crippen LogP) is 2.29. The van der Waals surface area contributed by atoms with Gasteiger partial charge in [0.25, 0.3) is 0 Å². The van der Waals surface area contributed by atoms with Gasteiger partial charge < -0.3 is 21.1 Å². The Morgan fingerprint density at radius 1 is 1.05 bits per heavy atom. The van der Waals surface area contributed by atoms with E-state index < -0.39 is 22.7 Å². The summed E-state index contributed by atoms with van der Waals surface area (Å²) in [5, 5.41) is 17.2. The molecule has 206 valence electrons. The topological polar surface area (TPSA) is 179 Å². The third-order valence-corrected chi connectivity index (χ3v) is 8.01. The number of amidine groups is 2. The fraction of sp³-hybridized carbons (Fsp3) is 0.296. The number of rotatable bonds is 9. The third kappa shape index (κ3) is 6.84. The molecule has 1 aliphatic rings. The number of nitrogens with one attached hydrogen (secondary N) is 3. The summed E-state index contributed by atoms with van der Waals surface area (Å²) in [7, 11) is -4.28. The summed E-state index contributed by atoms with van der Waals surface area (Å²) >= 11 is 0. The van der Waals surface area contributed by atoms with Gasteiger partial charge in [-0.1, -0.05) is 24.3 Å². The number of fused-ring (bicyclic) bond motifs is 1. The second-order valence-corrected chi connectivity index (χ2v) is 11.0. The lowest BCUT2D eigenvalue weighted by molar-refractivity contribution is -0.118. The predicted molar refractivity (Wildman–Crippen MR) is 152 cm³/mol. The minimum absolute atomic E-state index is 0.00706. The lowest BCUT2D eigenvalue weighted by Gasteiger charge is -2.33. The highest BCUT2D eigenvalue weighted by atomic mass is 32.2. The van der Waals surface area contributed by atoms with Gasteiger partial charge in [-0.05, 0) is 59.7 Å². The van der Waals surface area contributed by atoms with Crippen LogP contribution in [0.2, 0.25) is 0 Å². The van der Waals surface area contributed by atoms with Gasteiger partial charge in [-0.2, -0.15) is 8.42 Å². The molecule has 39 heavy (non-hydrogen) atoms. The first-order valence-electron chi connectivity index (χ1n) is 12.5. The fourth-order valence-corrected chi connectivity index (χ4v) is 5.68.